The van der Waals surface area contributed by atoms with Gasteiger partial charge in [-0.05, 0) is 40.9 Å². The lowest BCUT2D eigenvalue weighted by Gasteiger charge is -2.39. The highest BCUT2D eigenvalue weighted by atomic mass is 16.6. The highest BCUT2D eigenvalue weighted by molar-refractivity contribution is 6.38. The first-order valence-electron chi connectivity index (χ1n) is 16.8. The fourth-order valence-electron chi connectivity index (χ4n) is 6.70. The molecule has 0 radical (unpaired) electrons. The maximum Gasteiger partial charge on any atom is 0.409 e. The van der Waals surface area contributed by atoms with E-state index in [-0.39, 0.29) is 36.8 Å². The van der Waals surface area contributed by atoms with E-state index in [0.29, 0.717) is 32.5 Å². The van der Waals surface area contributed by atoms with Gasteiger partial charge in [0.15, 0.2) is 0 Å². The Bertz CT molecular complexity index is 1240. The Morgan fingerprint density at radius 2 is 1.70 bits per heavy atom. The highest BCUT2D eigenvalue weighted by Gasteiger charge is 2.70. The molecule has 0 bridgehead atoms. The first kappa shape index (κ1) is 37.8. The van der Waals surface area contributed by atoms with Gasteiger partial charge in [-0.3, -0.25) is 19.2 Å². The zero-order valence-corrected chi connectivity index (χ0v) is 29.7. The van der Waals surface area contributed by atoms with E-state index < -0.39 is 70.6 Å². The zero-order chi connectivity index (χ0) is 35.5. The average molecular weight is 661 g/mol. The molecule has 0 spiro atoms. The molecule has 1 unspecified atom stereocenters. The molecule has 0 aromatic carbocycles. The summed E-state index contributed by atoms with van der Waals surface area (Å²) < 4.78 is 5.17. The second-order valence-corrected chi connectivity index (χ2v) is 15.9. The molecule has 1 aliphatic carbocycles. The van der Waals surface area contributed by atoms with Gasteiger partial charge in [0.1, 0.15) is 12.1 Å². The number of hydrogen-bond acceptors (Lipinski definition) is 7. The zero-order valence-electron chi connectivity index (χ0n) is 29.7. The summed E-state index contributed by atoms with van der Waals surface area (Å²) in [4.78, 5) is 82.6. The SMILES string of the molecule is C=CCNC(=O)C(=O)C(CCC)NC(=O)[C@@H]1[C@@H]2[C@H](CN1C(=O)[C@@H](NC(=O)N[C@H](CN1CCCOC1=O)C(C)(C)C)C(C)(C)C)C2(C)C. The van der Waals surface area contributed by atoms with Crippen molar-refractivity contribution in [3.63, 3.8) is 0 Å². The lowest BCUT2D eigenvalue weighted by atomic mass is 9.85. The summed E-state index contributed by atoms with van der Waals surface area (Å²) in [6.45, 7) is 22.5. The normalized spacial score (nSPS) is 23.8. The van der Waals surface area contributed by atoms with Crippen LogP contribution in [0.4, 0.5) is 9.59 Å². The van der Waals surface area contributed by atoms with Gasteiger partial charge in [-0.2, -0.15) is 0 Å². The Hall–Kier alpha value is -3.64. The number of ketones is 1. The van der Waals surface area contributed by atoms with E-state index in [1.54, 1.807) is 4.90 Å². The van der Waals surface area contributed by atoms with Gasteiger partial charge >= 0.3 is 12.1 Å². The fraction of sp³-hybridized carbons (Fsp3) is 0.765. The van der Waals surface area contributed by atoms with Crippen LogP contribution in [0.15, 0.2) is 12.7 Å². The number of Topliss-reactive ketones (excluding diaryl/α,β-unsaturated/α-hetero) is 1. The number of piperidine rings is 1. The third-order valence-corrected chi connectivity index (χ3v) is 9.80. The Labute approximate surface area is 279 Å². The standard InChI is InChI=1S/C34H56N6O7/c1-11-14-21(25(41)28(43)35-15-12-2)36-27(42)24-23-20(34(23,9)10)18-40(24)29(44)26(33(6,7)8)38-30(45)37-22(32(3,4)5)19-39-16-13-17-47-31(39)46/h12,20-24,26H,2,11,13-19H2,1,3-10H3,(H,35,43)(H,36,42)(H2,37,38,45)/t20-,21?,22+,23-,24-,26+/m0/s1. The van der Waals surface area contributed by atoms with E-state index in [9.17, 15) is 28.8 Å². The molecular weight excluding hydrogens is 604 g/mol. The van der Waals surface area contributed by atoms with Gasteiger partial charge < -0.3 is 35.8 Å². The van der Waals surface area contributed by atoms with Gasteiger partial charge in [0.05, 0.1) is 18.7 Å². The molecule has 3 aliphatic rings. The first-order valence-corrected chi connectivity index (χ1v) is 16.8. The average Bonchev–Trinajstić information content (AvgIpc) is 3.28. The quantitative estimate of drug-likeness (QED) is 0.174. The number of carbonyl (C=O) groups excluding carboxylic acids is 6. The number of rotatable bonds is 13. The Kier molecular flexibility index (Phi) is 11.8. The topological polar surface area (TPSA) is 166 Å². The van der Waals surface area contributed by atoms with E-state index in [0.717, 1.165) is 0 Å². The molecule has 264 valence electrons. The minimum atomic E-state index is -1.04. The monoisotopic (exact) mass is 660 g/mol. The van der Waals surface area contributed by atoms with Crippen LogP contribution in [0.2, 0.25) is 0 Å². The summed E-state index contributed by atoms with van der Waals surface area (Å²) in [5.74, 6) is -2.50. The number of likely N-dealkylation sites (tertiary alicyclic amines) is 1. The van der Waals surface area contributed by atoms with Gasteiger partial charge in [-0.1, -0.05) is 74.8 Å². The van der Waals surface area contributed by atoms with Gasteiger partial charge in [0.2, 0.25) is 17.6 Å². The lowest BCUT2D eigenvalue weighted by Crippen LogP contribution is -2.63. The molecule has 2 saturated heterocycles. The number of urea groups is 1. The van der Waals surface area contributed by atoms with Crippen molar-refractivity contribution in [2.24, 2.45) is 28.1 Å². The molecule has 3 rings (SSSR count). The Balaban J connectivity index is 1.81. The van der Waals surface area contributed by atoms with Crippen LogP contribution < -0.4 is 21.3 Å². The van der Waals surface area contributed by atoms with Crippen molar-refractivity contribution < 1.29 is 33.5 Å². The summed E-state index contributed by atoms with van der Waals surface area (Å²) in [5.41, 5.74) is -1.34. The molecule has 6 amide bonds. The van der Waals surface area contributed by atoms with Crippen molar-refractivity contribution in [1.82, 2.24) is 31.1 Å². The van der Waals surface area contributed by atoms with E-state index in [1.165, 1.54) is 11.0 Å². The van der Waals surface area contributed by atoms with Crippen molar-refractivity contribution >= 4 is 35.6 Å². The molecule has 47 heavy (non-hydrogen) atoms. The summed E-state index contributed by atoms with van der Waals surface area (Å²) in [6.07, 6.45) is 2.56. The van der Waals surface area contributed by atoms with Gasteiger partial charge in [0, 0.05) is 26.2 Å². The van der Waals surface area contributed by atoms with Crippen LogP contribution >= 0.6 is 0 Å². The van der Waals surface area contributed by atoms with Crippen LogP contribution in [0.1, 0.15) is 81.6 Å². The fourth-order valence-corrected chi connectivity index (χ4v) is 6.70. The number of hydrogen-bond donors (Lipinski definition) is 4. The summed E-state index contributed by atoms with van der Waals surface area (Å²) in [5, 5.41) is 11.1. The molecule has 13 heteroatoms. The molecule has 4 N–H and O–H groups in total. The van der Waals surface area contributed by atoms with Crippen molar-refractivity contribution in [2.75, 3.05) is 32.8 Å². The molecule has 3 fully saturated rings. The van der Waals surface area contributed by atoms with Crippen molar-refractivity contribution in [3.05, 3.63) is 12.7 Å². The predicted octanol–water partition coefficient (Wildman–Crippen LogP) is 2.60. The molecule has 2 aliphatic heterocycles. The largest absolute Gasteiger partial charge is 0.449 e. The summed E-state index contributed by atoms with van der Waals surface area (Å²) >= 11 is 0. The Morgan fingerprint density at radius 3 is 2.26 bits per heavy atom. The number of ether oxygens (including phenoxy) is 1. The van der Waals surface area contributed by atoms with Crippen molar-refractivity contribution in [3.8, 4) is 0 Å². The molecule has 0 aromatic heterocycles. The number of nitrogens with one attached hydrogen (secondary N) is 4. The molecule has 13 nitrogen and oxygen atoms in total. The minimum absolute atomic E-state index is 0.0717. The number of amides is 6. The van der Waals surface area contributed by atoms with E-state index in [1.807, 2.05) is 48.5 Å². The van der Waals surface area contributed by atoms with Crippen LogP contribution in [-0.4, -0.2) is 102 Å². The second kappa shape index (κ2) is 14.6. The number of fused-ring (bicyclic) bond motifs is 1. The van der Waals surface area contributed by atoms with Crippen LogP contribution in [0.3, 0.4) is 0 Å². The molecular formula is C34H56N6O7. The predicted molar refractivity (Wildman–Crippen MR) is 177 cm³/mol. The van der Waals surface area contributed by atoms with E-state index >= 15 is 0 Å². The number of carbonyl (C=O) groups is 6. The second-order valence-electron chi connectivity index (χ2n) is 15.9. The third kappa shape index (κ3) is 8.84. The molecule has 1 saturated carbocycles. The molecule has 2 heterocycles. The minimum Gasteiger partial charge on any atom is -0.449 e. The lowest BCUT2D eigenvalue weighted by molar-refractivity contribution is -0.145. The van der Waals surface area contributed by atoms with Crippen LogP contribution in [0, 0.1) is 28.1 Å². The smallest absolute Gasteiger partial charge is 0.409 e. The van der Waals surface area contributed by atoms with Gasteiger partial charge in [-0.25, -0.2) is 9.59 Å². The number of nitrogens with zero attached hydrogens (tertiary/aromatic N) is 2. The van der Waals surface area contributed by atoms with Crippen LogP contribution in [0.5, 0.6) is 0 Å². The van der Waals surface area contributed by atoms with Gasteiger partial charge in [-0.15, -0.1) is 6.58 Å². The van der Waals surface area contributed by atoms with E-state index in [2.05, 4.69) is 41.7 Å². The highest BCUT2D eigenvalue weighted by Crippen LogP contribution is 2.65. The van der Waals surface area contributed by atoms with Crippen LogP contribution in [0.25, 0.3) is 0 Å². The maximum atomic E-state index is 14.3. The van der Waals surface area contributed by atoms with Gasteiger partial charge in [0.25, 0.3) is 5.91 Å². The third-order valence-electron chi connectivity index (χ3n) is 9.80. The van der Waals surface area contributed by atoms with E-state index in [4.69, 9.17) is 4.74 Å². The number of cyclic esters (lactones) is 1. The first-order chi connectivity index (χ1) is 21.7. The summed E-state index contributed by atoms with van der Waals surface area (Å²) in [7, 11) is 0. The summed E-state index contributed by atoms with van der Waals surface area (Å²) in [6, 6.07) is -3.90. The molecule has 0 aromatic rings. The van der Waals surface area contributed by atoms with Crippen molar-refractivity contribution in [1.29, 1.82) is 0 Å². The van der Waals surface area contributed by atoms with Crippen LogP contribution in [-0.2, 0) is 23.9 Å². The van der Waals surface area contributed by atoms with Crippen molar-refractivity contribution in [2.45, 2.75) is 106 Å². The maximum absolute atomic E-state index is 14.3. The molecule has 6 atom stereocenters. The Morgan fingerprint density at radius 1 is 1.04 bits per heavy atom.